The molecule has 0 amide bonds. The minimum Gasteiger partial charge on any atom is -0.399 e. The third-order valence-corrected chi connectivity index (χ3v) is 6.86. The second-order valence-corrected chi connectivity index (χ2v) is 13.4. The van der Waals surface area contributed by atoms with Gasteiger partial charge in [-0.1, -0.05) is 43.9 Å². The maximum Gasteiger partial charge on any atom is 0.496 e. The number of nitrogens with zero attached hydrogens (tertiary/aromatic N) is 1. The molecule has 0 N–H and O–H groups in total. The van der Waals surface area contributed by atoms with Gasteiger partial charge in [-0.3, -0.25) is 4.98 Å². The smallest absolute Gasteiger partial charge is 0.399 e. The first-order valence-corrected chi connectivity index (χ1v) is 11.8. The lowest BCUT2D eigenvalue weighted by Gasteiger charge is -2.32. The lowest BCUT2D eigenvalue weighted by atomic mass is 9.77. The van der Waals surface area contributed by atoms with Crippen LogP contribution in [0.15, 0.2) is 30.5 Å². The van der Waals surface area contributed by atoms with Crippen LogP contribution in [0.2, 0.25) is 19.6 Å². The van der Waals surface area contributed by atoms with Crippen LogP contribution in [0.3, 0.4) is 0 Å². The van der Waals surface area contributed by atoms with Crippen molar-refractivity contribution in [3.63, 3.8) is 0 Å². The topological polar surface area (TPSA) is 31.4 Å². The molecule has 0 aliphatic carbocycles. The molecule has 5 heteroatoms. The zero-order valence-corrected chi connectivity index (χ0v) is 16.2. The Kier molecular flexibility index (Phi) is 3.75. The van der Waals surface area contributed by atoms with Gasteiger partial charge in [-0.15, -0.1) is 0 Å². The van der Waals surface area contributed by atoms with Crippen molar-refractivity contribution in [2.45, 2.75) is 58.5 Å². The van der Waals surface area contributed by atoms with Crippen molar-refractivity contribution < 1.29 is 9.31 Å². The van der Waals surface area contributed by atoms with Gasteiger partial charge in [0.15, 0.2) is 0 Å². The Morgan fingerprint density at radius 2 is 1.52 bits per heavy atom. The van der Waals surface area contributed by atoms with E-state index in [1.54, 1.807) is 0 Å². The zero-order valence-electron chi connectivity index (χ0n) is 15.2. The highest BCUT2D eigenvalue weighted by atomic mass is 28.3. The summed E-state index contributed by atoms with van der Waals surface area (Å²) in [4.78, 5) is 4.82. The number of aromatic nitrogens is 1. The molecule has 2 aromatic rings. The van der Waals surface area contributed by atoms with E-state index in [1.165, 1.54) is 10.7 Å². The van der Waals surface area contributed by atoms with Gasteiger partial charge in [0.1, 0.15) is 8.07 Å². The number of pyridine rings is 1. The highest BCUT2D eigenvalue weighted by Crippen LogP contribution is 2.36. The quantitative estimate of drug-likeness (QED) is 0.795. The predicted octanol–water partition coefficient (Wildman–Crippen LogP) is 3.08. The molecule has 2 heterocycles. The molecule has 1 fully saturated rings. The van der Waals surface area contributed by atoms with E-state index in [4.69, 9.17) is 14.3 Å². The molecular weight excluding hydrogens is 301 g/mol. The molecule has 0 spiro atoms. The van der Waals surface area contributed by atoms with Gasteiger partial charge in [-0.05, 0) is 38.5 Å². The van der Waals surface area contributed by atoms with Crippen LogP contribution in [0.4, 0.5) is 0 Å². The molecule has 0 saturated carbocycles. The van der Waals surface area contributed by atoms with Crippen molar-refractivity contribution in [3.05, 3.63) is 30.5 Å². The van der Waals surface area contributed by atoms with Gasteiger partial charge in [0.2, 0.25) is 0 Å². The monoisotopic (exact) mass is 327 g/mol. The van der Waals surface area contributed by atoms with E-state index in [0.717, 1.165) is 10.8 Å². The van der Waals surface area contributed by atoms with Crippen LogP contribution < -0.4 is 10.8 Å². The Morgan fingerprint density at radius 3 is 2.09 bits per heavy atom. The molecule has 1 aliphatic rings. The number of rotatable bonds is 2. The first kappa shape index (κ1) is 16.7. The summed E-state index contributed by atoms with van der Waals surface area (Å²) in [5.41, 5.74) is 0.442. The van der Waals surface area contributed by atoms with Gasteiger partial charge in [0.25, 0.3) is 0 Å². The predicted molar refractivity (Wildman–Crippen MR) is 100 cm³/mol. The molecule has 3 rings (SSSR count). The van der Waals surface area contributed by atoms with E-state index in [-0.39, 0.29) is 18.3 Å². The van der Waals surface area contributed by atoms with Crippen LogP contribution in [0, 0.1) is 0 Å². The standard InChI is InChI=1S/C18H26BNO2Si/c1-17(2)18(3,4)22-19(21-17)15-14-11-9-8-10-13(14)12-20-16(15)23(5,6)7/h8-12H,1-7H3. The molecule has 0 radical (unpaired) electrons. The highest BCUT2D eigenvalue weighted by molar-refractivity contribution is 6.92. The Bertz CT molecular complexity index is 736. The second-order valence-electron chi connectivity index (χ2n) is 8.45. The first-order valence-electron chi connectivity index (χ1n) is 8.27. The van der Waals surface area contributed by atoms with Crippen LogP contribution in [0.5, 0.6) is 0 Å². The Hall–Kier alpha value is -1.17. The van der Waals surface area contributed by atoms with Crippen LogP contribution in [-0.2, 0) is 9.31 Å². The number of fused-ring (bicyclic) bond motifs is 1. The lowest BCUT2D eigenvalue weighted by molar-refractivity contribution is 0.00578. The van der Waals surface area contributed by atoms with Crippen molar-refractivity contribution in [2.75, 3.05) is 0 Å². The van der Waals surface area contributed by atoms with E-state index < -0.39 is 8.07 Å². The van der Waals surface area contributed by atoms with Gasteiger partial charge in [0, 0.05) is 17.0 Å². The molecule has 1 aliphatic heterocycles. The summed E-state index contributed by atoms with van der Waals surface area (Å²) in [7, 11) is -1.99. The minimum atomic E-state index is -1.63. The summed E-state index contributed by atoms with van der Waals surface area (Å²) in [6, 6.07) is 8.38. The largest absolute Gasteiger partial charge is 0.496 e. The fourth-order valence-electron chi connectivity index (χ4n) is 2.98. The molecule has 1 aromatic heterocycles. The van der Waals surface area contributed by atoms with Crippen molar-refractivity contribution in [3.8, 4) is 0 Å². The number of hydrogen-bond donors (Lipinski definition) is 0. The normalized spacial score (nSPS) is 20.2. The molecule has 1 saturated heterocycles. The van der Waals surface area contributed by atoms with Crippen molar-refractivity contribution in [1.82, 2.24) is 4.98 Å². The van der Waals surface area contributed by atoms with Gasteiger partial charge >= 0.3 is 7.12 Å². The minimum absolute atomic E-state index is 0.342. The summed E-state index contributed by atoms with van der Waals surface area (Å²) in [6.45, 7) is 15.3. The highest BCUT2D eigenvalue weighted by Gasteiger charge is 2.53. The fourth-order valence-corrected chi connectivity index (χ4v) is 4.50. The lowest BCUT2D eigenvalue weighted by Crippen LogP contribution is -2.56. The van der Waals surface area contributed by atoms with E-state index in [0.29, 0.717) is 0 Å². The van der Waals surface area contributed by atoms with Crippen LogP contribution in [-0.4, -0.2) is 31.4 Å². The fraction of sp³-hybridized carbons (Fsp3) is 0.500. The zero-order chi connectivity index (χ0) is 17.0. The number of benzene rings is 1. The van der Waals surface area contributed by atoms with Crippen molar-refractivity contribution >= 4 is 36.7 Å². The molecule has 0 bridgehead atoms. The van der Waals surface area contributed by atoms with Crippen LogP contribution in [0.25, 0.3) is 10.8 Å². The molecule has 23 heavy (non-hydrogen) atoms. The summed E-state index contributed by atoms with van der Waals surface area (Å²) < 4.78 is 12.7. The van der Waals surface area contributed by atoms with Gasteiger partial charge in [-0.25, -0.2) is 0 Å². The molecule has 122 valence electrons. The van der Waals surface area contributed by atoms with Crippen molar-refractivity contribution in [1.29, 1.82) is 0 Å². The van der Waals surface area contributed by atoms with Gasteiger partial charge in [0.05, 0.1) is 11.2 Å². The molecule has 0 unspecified atom stereocenters. The van der Waals surface area contributed by atoms with E-state index in [1.807, 2.05) is 12.3 Å². The number of hydrogen-bond acceptors (Lipinski definition) is 3. The second kappa shape index (κ2) is 5.16. The van der Waals surface area contributed by atoms with E-state index >= 15 is 0 Å². The maximum absolute atomic E-state index is 6.35. The van der Waals surface area contributed by atoms with Gasteiger partial charge < -0.3 is 9.31 Å². The average Bonchev–Trinajstić information content (AvgIpc) is 2.65. The Balaban J connectivity index is 2.23. The van der Waals surface area contributed by atoms with Gasteiger partial charge in [-0.2, -0.15) is 0 Å². The Morgan fingerprint density at radius 1 is 0.957 bits per heavy atom. The Labute approximate surface area is 140 Å². The molecular formula is C18H26BNO2Si. The van der Waals surface area contributed by atoms with Crippen molar-refractivity contribution in [2.24, 2.45) is 0 Å². The van der Waals surface area contributed by atoms with Crippen LogP contribution >= 0.6 is 0 Å². The maximum atomic E-state index is 6.35. The molecule has 3 nitrogen and oxygen atoms in total. The summed E-state index contributed by atoms with van der Waals surface area (Å²) >= 11 is 0. The average molecular weight is 327 g/mol. The third-order valence-electron chi connectivity index (χ3n) is 5.04. The first-order chi connectivity index (χ1) is 10.5. The van der Waals surface area contributed by atoms with Crippen LogP contribution in [0.1, 0.15) is 27.7 Å². The third kappa shape index (κ3) is 2.75. The van der Waals surface area contributed by atoms with E-state index in [9.17, 15) is 0 Å². The molecule has 1 aromatic carbocycles. The SMILES string of the molecule is CC1(C)OB(c2c([Si](C)(C)C)ncc3ccccc23)OC1(C)C. The summed E-state index contributed by atoms with van der Waals surface area (Å²) in [6.07, 6.45) is 1.98. The van der Waals surface area contributed by atoms with E-state index in [2.05, 4.69) is 65.5 Å². The molecule has 0 atom stereocenters. The summed E-state index contributed by atoms with van der Waals surface area (Å²) in [5.74, 6) is 0. The summed E-state index contributed by atoms with van der Waals surface area (Å²) in [5, 5.41) is 3.51.